The molecule has 0 heterocycles. The maximum absolute atomic E-state index is 2.44. The molecule has 25 heavy (non-hydrogen) atoms. The zero-order valence-electron chi connectivity index (χ0n) is 14.1. The Hall–Kier alpha value is -2.60. The number of fused-ring (bicyclic) bond motifs is 2. The van der Waals surface area contributed by atoms with E-state index in [9.17, 15) is 0 Å². The average Bonchev–Trinajstić information content (AvgIpc) is 2.80. The molecule has 0 unspecified atom stereocenters. The predicted molar refractivity (Wildman–Crippen MR) is 112 cm³/mol. The topological polar surface area (TPSA) is 0 Å². The Morgan fingerprint density at radius 1 is 0.760 bits per heavy atom. The number of benzene rings is 4. The van der Waals surface area contributed by atoms with Gasteiger partial charge in [0, 0.05) is 0 Å². The molecule has 0 atom stereocenters. The van der Waals surface area contributed by atoms with Crippen molar-refractivity contribution < 1.29 is 0 Å². The van der Waals surface area contributed by atoms with Crippen LogP contribution in [-0.4, -0.2) is 0 Å². The summed E-state index contributed by atoms with van der Waals surface area (Å²) in [5, 5.41) is 9.74. The van der Waals surface area contributed by atoms with E-state index < -0.39 is 0 Å². The highest BCUT2D eigenvalue weighted by atomic mass is 14.2. The zero-order valence-corrected chi connectivity index (χ0v) is 14.1. The summed E-state index contributed by atoms with van der Waals surface area (Å²) >= 11 is 0. The van der Waals surface area contributed by atoms with Crippen LogP contribution < -0.4 is 5.22 Å². The number of rotatable bonds is 1. The minimum absolute atomic E-state index is 0. The van der Waals surface area contributed by atoms with Gasteiger partial charge in [-0.3, -0.25) is 0 Å². The van der Waals surface area contributed by atoms with E-state index in [1.807, 2.05) is 0 Å². The molecule has 0 heteroatoms. The van der Waals surface area contributed by atoms with E-state index >= 15 is 0 Å². The first-order valence-electron chi connectivity index (χ1n) is 8.80. The molecule has 5 rings (SSSR count). The van der Waals surface area contributed by atoms with Crippen LogP contribution in [0.5, 0.6) is 0 Å². The van der Waals surface area contributed by atoms with Gasteiger partial charge in [-0.05, 0) is 61.0 Å². The lowest BCUT2D eigenvalue weighted by Crippen LogP contribution is -2.08. The van der Waals surface area contributed by atoms with Gasteiger partial charge < -0.3 is 0 Å². The van der Waals surface area contributed by atoms with Gasteiger partial charge in [0.15, 0.2) is 0 Å². The molecular weight excluding hydrogens is 300 g/mol. The molecule has 0 saturated carbocycles. The van der Waals surface area contributed by atoms with E-state index in [2.05, 4.69) is 80.6 Å². The maximum Gasteiger partial charge on any atom is -0.00264 e. The monoisotopic (exact) mass is 324 g/mol. The quantitative estimate of drug-likeness (QED) is 0.280. The molecular formula is C25H24. The first-order valence-corrected chi connectivity index (χ1v) is 8.80. The lowest BCUT2D eigenvalue weighted by Gasteiger charge is -2.13. The number of allylic oxidation sites excluding steroid dienone is 2. The summed E-state index contributed by atoms with van der Waals surface area (Å²) in [6.45, 7) is 4.58. The first kappa shape index (κ1) is 15.9. The fourth-order valence-corrected chi connectivity index (χ4v) is 4.24. The van der Waals surface area contributed by atoms with Gasteiger partial charge in [-0.2, -0.15) is 0 Å². The van der Waals surface area contributed by atoms with E-state index in [0.717, 1.165) is 6.42 Å². The summed E-state index contributed by atoms with van der Waals surface area (Å²) in [7, 11) is 0. The molecule has 0 amide bonds. The summed E-state index contributed by atoms with van der Waals surface area (Å²) in [4.78, 5) is 0. The lowest BCUT2D eigenvalue weighted by atomic mass is 9.90. The Morgan fingerprint density at radius 3 is 2.12 bits per heavy atom. The third-order valence-electron chi connectivity index (χ3n) is 5.44. The Kier molecular flexibility index (Phi) is 3.65. The Morgan fingerprint density at radius 2 is 1.40 bits per heavy atom. The van der Waals surface area contributed by atoms with Gasteiger partial charge in [-0.25, -0.2) is 0 Å². The SMILES string of the molecule is C.CC(C)C1=CCc2cccc3c2c(c2cccc4cccc3c42)=C1. The van der Waals surface area contributed by atoms with Crippen LogP contribution in [0.15, 0.2) is 66.2 Å². The summed E-state index contributed by atoms with van der Waals surface area (Å²) in [6, 6.07) is 20.2. The Labute approximate surface area is 149 Å². The molecule has 0 nitrogen and oxygen atoms in total. The van der Waals surface area contributed by atoms with Crippen molar-refractivity contribution in [2.24, 2.45) is 5.92 Å². The zero-order chi connectivity index (χ0) is 16.3. The van der Waals surface area contributed by atoms with Gasteiger partial charge in [0.05, 0.1) is 0 Å². The highest BCUT2D eigenvalue weighted by molar-refractivity contribution is 6.22. The largest absolute Gasteiger partial charge is 0.0776 e. The molecule has 4 aromatic carbocycles. The van der Waals surface area contributed by atoms with Crippen molar-refractivity contribution in [3.63, 3.8) is 0 Å². The van der Waals surface area contributed by atoms with E-state index in [1.54, 1.807) is 0 Å². The van der Waals surface area contributed by atoms with E-state index in [0.29, 0.717) is 5.92 Å². The van der Waals surface area contributed by atoms with Crippen LogP contribution in [0.1, 0.15) is 26.8 Å². The summed E-state index contributed by atoms with van der Waals surface area (Å²) in [6.07, 6.45) is 5.87. The van der Waals surface area contributed by atoms with Crippen molar-refractivity contribution in [2.75, 3.05) is 0 Å². The lowest BCUT2D eigenvalue weighted by molar-refractivity contribution is 0.797. The molecule has 0 aromatic heterocycles. The van der Waals surface area contributed by atoms with Crippen LogP contribution in [0.25, 0.3) is 38.4 Å². The van der Waals surface area contributed by atoms with Crippen LogP contribution in [0.4, 0.5) is 0 Å². The van der Waals surface area contributed by atoms with Crippen molar-refractivity contribution in [1.29, 1.82) is 0 Å². The number of hydrogen-bond donors (Lipinski definition) is 0. The molecule has 0 aliphatic heterocycles. The fraction of sp³-hybridized carbons (Fsp3) is 0.200. The predicted octanol–water partition coefficient (Wildman–Crippen LogP) is 6.42. The van der Waals surface area contributed by atoms with Crippen LogP contribution in [-0.2, 0) is 6.42 Å². The third kappa shape index (κ3) is 2.21. The molecule has 0 bridgehead atoms. The molecule has 0 N–H and O–H groups in total. The second kappa shape index (κ2) is 5.74. The minimum atomic E-state index is 0. The van der Waals surface area contributed by atoms with Gasteiger partial charge in [0.1, 0.15) is 0 Å². The second-order valence-corrected chi connectivity index (χ2v) is 7.17. The number of hydrogen-bond acceptors (Lipinski definition) is 0. The van der Waals surface area contributed by atoms with Gasteiger partial charge >= 0.3 is 0 Å². The summed E-state index contributed by atoms with van der Waals surface area (Å²) in [5.74, 6) is 0.548. The molecule has 1 aliphatic rings. The second-order valence-electron chi connectivity index (χ2n) is 7.17. The summed E-state index contributed by atoms with van der Waals surface area (Å²) < 4.78 is 0. The first-order chi connectivity index (χ1) is 11.7. The van der Waals surface area contributed by atoms with Gasteiger partial charge in [0.2, 0.25) is 0 Å². The van der Waals surface area contributed by atoms with Crippen molar-refractivity contribution in [3.05, 3.63) is 77.0 Å². The molecule has 0 saturated heterocycles. The molecule has 0 fully saturated rings. The van der Waals surface area contributed by atoms with Crippen molar-refractivity contribution in [2.45, 2.75) is 27.7 Å². The van der Waals surface area contributed by atoms with Crippen molar-refractivity contribution in [3.8, 4) is 0 Å². The smallest absolute Gasteiger partial charge is 0.00264 e. The normalized spacial score (nSPS) is 13.6. The standard InChI is InChI=1S/C24H20.CH4/c1-15(2)18-13-12-17-8-5-10-20-19-9-3-6-16-7-4-11-21(23(16)19)22(14-18)24(17)20;/h3-11,13-15H,12H2,1-2H3;1H4. The van der Waals surface area contributed by atoms with Crippen molar-refractivity contribution in [1.82, 2.24) is 0 Å². The van der Waals surface area contributed by atoms with Gasteiger partial charge in [-0.15, -0.1) is 0 Å². The van der Waals surface area contributed by atoms with E-state index in [4.69, 9.17) is 0 Å². The highest BCUT2D eigenvalue weighted by Crippen LogP contribution is 2.33. The molecule has 0 radical (unpaired) electrons. The Bertz CT molecular complexity index is 1180. The minimum Gasteiger partial charge on any atom is -0.0776 e. The van der Waals surface area contributed by atoms with Crippen LogP contribution in [0.3, 0.4) is 0 Å². The van der Waals surface area contributed by atoms with Crippen molar-refractivity contribution >= 4 is 38.4 Å². The van der Waals surface area contributed by atoms with Crippen LogP contribution in [0.2, 0.25) is 0 Å². The molecule has 1 aliphatic carbocycles. The highest BCUT2D eigenvalue weighted by Gasteiger charge is 2.14. The van der Waals surface area contributed by atoms with Crippen LogP contribution >= 0.6 is 0 Å². The molecule has 124 valence electrons. The fourth-order valence-electron chi connectivity index (χ4n) is 4.24. The Balaban J connectivity index is 0.00000157. The van der Waals surface area contributed by atoms with Gasteiger partial charge in [0.25, 0.3) is 0 Å². The van der Waals surface area contributed by atoms with Gasteiger partial charge in [-0.1, -0.05) is 88.0 Å². The van der Waals surface area contributed by atoms with Crippen LogP contribution in [0, 0.1) is 5.92 Å². The summed E-state index contributed by atoms with van der Waals surface area (Å²) in [5.41, 5.74) is 2.89. The maximum atomic E-state index is 2.44. The third-order valence-corrected chi connectivity index (χ3v) is 5.44. The van der Waals surface area contributed by atoms with E-state index in [-0.39, 0.29) is 7.43 Å². The van der Waals surface area contributed by atoms with E-state index in [1.165, 1.54) is 48.7 Å². The molecule has 0 spiro atoms. The average molecular weight is 324 g/mol. The molecule has 4 aromatic rings.